The van der Waals surface area contributed by atoms with E-state index in [4.69, 9.17) is 9.26 Å². The fourth-order valence-electron chi connectivity index (χ4n) is 3.59. The normalized spacial score (nSPS) is 15.3. The summed E-state index contributed by atoms with van der Waals surface area (Å²) in [5.41, 5.74) is 0.409. The molecule has 0 radical (unpaired) electrons. The molecule has 1 unspecified atom stereocenters. The fourth-order valence-corrected chi connectivity index (χ4v) is 3.59. The second-order valence-electron chi connectivity index (χ2n) is 7.95. The van der Waals surface area contributed by atoms with Crippen LogP contribution in [0.1, 0.15) is 55.1 Å². The SMILES string of the molecule is CCCCC(OC(=O)C1CCN(C(=O)c2ccc(F)cc2)CC1)C(=O)Nc1cc(C)on1. The van der Waals surface area contributed by atoms with Crippen LogP contribution in [-0.2, 0) is 14.3 Å². The van der Waals surface area contributed by atoms with E-state index < -0.39 is 29.7 Å². The van der Waals surface area contributed by atoms with Gasteiger partial charge in [0.25, 0.3) is 11.8 Å². The lowest BCUT2D eigenvalue weighted by Crippen LogP contribution is -2.42. The van der Waals surface area contributed by atoms with Crippen LogP contribution >= 0.6 is 0 Å². The lowest BCUT2D eigenvalue weighted by Gasteiger charge is -2.31. The molecule has 1 aromatic heterocycles. The Morgan fingerprint density at radius 1 is 1.25 bits per heavy atom. The summed E-state index contributed by atoms with van der Waals surface area (Å²) < 4.78 is 23.6. The van der Waals surface area contributed by atoms with Crippen molar-refractivity contribution in [3.63, 3.8) is 0 Å². The third-order valence-corrected chi connectivity index (χ3v) is 5.46. The predicted molar refractivity (Wildman–Crippen MR) is 114 cm³/mol. The number of amides is 2. The van der Waals surface area contributed by atoms with Gasteiger partial charge in [-0.3, -0.25) is 14.4 Å². The second-order valence-corrected chi connectivity index (χ2v) is 7.95. The van der Waals surface area contributed by atoms with Crippen LogP contribution in [0.2, 0.25) is 0 Å². The largest absolute Gasteiger partial charge is 0.452 e. The highest BCUT2D eigenvalue weighted by Crippen LogP contribution is 2.22. The number of aromatic nitrogens is 1. The van der Waals surface area contributed by atoms with Gasteiger partial charge in [0.1, 0.15) is 11.6 Å². The minimum Gasteiger partial charge on any atom is -0.452 e. The van der Waals surface area contributed by atoms with Crippen LogP contribution in [0.15, 0.2) is 34.9 Å². The monoisotopic (exact) mass is 445 g/mol. The molecule has 1 aromatic carbocycles. The first-order valence-corrected chi connectivity index (χ1v) is 10.9. The smallest absolute Gasteiger partial charge is 0.309 e. The summed E-state index contributed by atoms with van der Waals surface area (Å²) in [4.78, 5) is 39.6. The van der Waals surface area contributed by atoms with E-state index in [0.717, 1.165) is 12.8 Å². The van der Waals surface area contributed by atoms with Crippen LogP contribution < -0.4 is 5.32 Å². The number of piperidine rings is 1. The number of ether oxygens (including phenoxy) is 1. The van der Waals surface area contributed by atoms with Gasteiger partial charge >= 0.3 is 5.97 Å². The first-order chi connectivity index (χ1) is 15.4. The van der Waals surface area contributed by atoms with Gasteiger partial charge in [0.2, 0.25) is 0 Å². The highest BCUT2D eigenvalue weighted by Gasteiger charge is 2.32. The van der Waals surface area contributed by atoms with E-state index in [9.17, 15) is 18.8 Å². The van der Waals surface area contributed by atoms with Gasteiger partial charge in [0.05, 0.1) is 5.92 Å². The minimum absolute atomic E-state index is 0.195. The van der Waals surface area contributed by atoms with Crippen molar-refractivity contribution in [2.75, 3.05) is 18.4 Å². The van der Waals surface area contributed by atoms with Gasteiger partial charge in [-0.25, -0.2) is 4.39 Å². The number of aryl methyl sites for hydroxylation is 1. The van der Waals surface area contributed by atoms with Gasteiger partial charge in [-0.2, -0.15) is 0 Å². The highest BCUT2D eigenvalue weighted by atomic mass is 19.1. The van der Waals surface area contributed by atoms with E-state index in [2.05, 4.69) is 10.5 Å². The first-order valence-electron chi connectivity index (χ1n) is 10.9. The maximum atomic E-state index is 13.1. The highest BCUT2D eigenvalue weighted by molar-refractivity contribution is 5.95. The topological polar surface area (TPSA) is 102 Å². The molecular formula is C23H28FN3O5. The number of nitrogens with zero attached hydrogens (tertiary/aromatic N) is 2. The van der Waals surface area contributed by atoms with Crippen molar-refractivity contribution in [3.05, 3.63) is 47.5 Å². The number of nitrogens with one attached hydrogen (secondary N) is 1. The summed E-state index contributed by atoms with van der Waals surface area (Å²) in [6.07, 6.45) is 1.96. The minimum atomic E-state index is -0.918. The van der Waals surface area contributed by atoms with E-state index in [1.165, 1.54) is 24.3 Å². The van der Waals surface area contributed by atoms with Crippen LogP contribution in [-0.4, -0.2) is 47.0 Å². The maximum absolute atomic E-state index is 13.1. The predicted octanol–water partition coefficient (Wildman–Crippen LogP) is 3.72. The first kappa shape index (κ1) is 23.4. The molecule has 1 saturated heterocycles. The molecular weight excluding hydrogens is 417 g/mol. The molecule has 0 saturated carbocycles. The number of hydrogen-bond donors (Lipinski definition) is 1. The summed E-state index contributed by atoms with van der Waals surface area (Å²) in [6, 6.07) is 6.99. The Morgan fingerprint density at radius 3 is 2.53 bits per heavy atom. The molecule has 32 heavy (non-hydrogen) atoms. The molecule has 9 heteroatoms. The molecule has 1 fully saturated rings. The Morgan fingerprint density at radius 2 is 1.94 bits per heavy atom. The quantitative estimate of drug-likeness (QED) is 0.622. The number of carbonyl (C=O) groups excluding carboxylic acids is 3. The molecule has 8 nitrogen and oxygen atoms in total. The summed E-state index contributed by atoms with van der Waals surface area (Å²) in [5.74, 6) is -1.03. The molecule has 0 aliphatic carbocycles. The van der Waals surface area contributed by atoms with E-state index >= 15 is 0 Å². The number of esters is 1. The molecule has 2 amide bonds. The zero-order chi connectivity index (χ0) is 23.1. The number of benzene rings is 1. The number of halogens is 1. The molecule has 0 bridgehead atoms. The van der Waals surface area contributed by atoms with Crippen LogP contribution in [0, 0.1) is 18.7 Å². The third kappa shape index (κ3) is 6.15. The number of carbonyl (C=O) groups is 3. The summed E-state index contributed by atoms with van der Waals surface area (Å²) in [5, 5.41) is 6.36. The van der Waals surface area contributed by atoms with Crippen molar-refractivity contribution < 1.29 is 28.0 Å². The molecule has 3 rings (SSSR count). The second kappa shape index (κ2) is 10.9. The number of anilines is 1. The van der Waals surface area contributed by atoms with Gasteiger partial charge in [0.15, 0.2) is 11.9 Å². The Hall–Kier alpha value is -3.23. The van der Waals surface area contributed by atoms with Gasteiger partial charge in [0, 0.05) is 24.7 Å². The van der Waals surface area contributed by atoms with E-state index in [0.29, 0.717) is 43.7 Å². The van der Waals surface area contributed by atoms with Crippen LogP contribution in [0.25, 0.3) is 0 Å². The maximum Gasteiger partial charge on any atom is 0.309 e. The van der Waals surface area contributed by atoms with Crippen molar-refractivity contribution in [1.82, 2.24) is 10.1 Å². The third-order valence-electron chi connectivity index (χ3n) is 5.46. The molecule has 2 aromatic rings. The Labute approximate surface area is 186 Å². The molecule has 1 aliphatic rings. The Kier molecular flexibility index (Phi) is 7.97. The lowest BCUT2D eigenvalue weighted by atomic mass is 9.96. The summed E-state index contributed by atoms with van der Waals surface area (Å²) in [6.45, 7) is 4.48. The Balaban J connectivity index is 1.54. The van der Waals surface area contributed by atoms with Gasteiger partial charge < -0.3 is 19.5 Å². The fraction of sp³-hybridized carbons (Fsp3) is 0.478. The summed E-state index contributed by atoms with van der Waals surface area (Å²) >= 11 is 0. The van der Waals surface area contributed by atoms with Gasteiger partial charge in [-0.05, 0) is 56.9 Å². The zero-order valence-electron chi connectivity index (χ0n) is 18.3. The molecule has 1 aliphatic heterocycles. The lowest BCUT2D eigenvalue weighted by molar-refractivity contribution is -0.160. The number of rotatable bonds is 8. The van der Waals surface area contributed by atoms with Crippen LogP contribution in [0.4, 0.5) is 10.2 Å². The average molecular weight is 445 g/mol. The molecule has 1 N–H and O–H groups in total. The Bertz CT molecular complexity index is 935. The number of likely N-dealkylation sites (tertiary alicyclic amines) is 1. The van der Waals surface area contributed by atoms with Crippen molar-refractivity contribution in [2.24, 2.45) is 5.92 Å². The van der Waals surface area contributed by atoms with Crippen molar-refractivity contribution in [2.45, 2.75) is 52.1 Å². The van der Waals surface area contributed by atoms with E-state index in [-0.39, 0.29) is 11.7 Å². The van der Waals surface area contributed by atoms with Crippen molar-refractivity contribution in [1.29, 1.82) is 0 Å². The molecule has 1 atom stereocenters. The van der Waals surface area contributed by atoms with Gasteiger partial charge in [-0.15, -0.1) is 0 Å². The summed E-state index contributed by atoms with van der Waals surface area (Å²) in [7, 11) is 0. The molecule has 2 heterocycles. The number of hydrogen-bond acceptors (Lipinski definition) is 6. The van der Waals surface area contributed by atoms with E-state index in [1.807, 2.05) is 6.92 Å². The van der Waals surface area contributed by atoms with E-state index in [1.54, 1.807) is 17.9 Å². The zero-order valence-corrected chi connectivity index (χ0v) is 18.3. The van der Waals surface area contributed by atoms with Crippen LogP contribution in [0.3, 0.4) is 0 Å². The molecule has 172 valence electrons. The van der Waals surface area contributed by atoms with Gasteiger partial charge in [-0.1, -0.05) is 18.5 Å². The van der Waals surface area contributed by atoms with Crippen molar-refractivity contribution in [3.8, 4) is 0 Å². The standard InChI is InChI=1S/C23H28FN3O5/c1-3-4-5-19(21(28)25-20-14-15(2)32-26-20)31-23(30)17-10-12-27(13-11-17)22(29)16-6-8-18(24)9-7-16/h6-9,14,17,19H,3-5,10-13H2,1-2H3,(H,25,26,28). The average Bonchev–Trinajstić information content (AvgIpc) is 3.20. The van der Waals surface area contributed by atoms with Crippen molar-refractivity contribution >= 4 is 23.6 Å². The molecule has 0 spiro atoms. The van der Waals surface area contributed by atoms with Crippen LogP contribution in [0.5, 0.6) is 0 Å². The number of unbranched alkanes of at least 4 members (excludes halogenated alkanes) is 1.